The highest BCUT2D eigenvalue weighted by molar-refractivity contribution is 5.42. The molecule has 14 heavy (non-hydrogen) atoms. The van der Waals surface area contributed by atoms with E-state index in [0.29, 0.717) is 11.3 Å². The number of rotatable bonds is 2. The van der Waals surface area contributed by atoms with Crippen LogP contribution in [0.25, 0.3) is 0 Å². The van der Waals surface area contributed by atoms with Gasteiger partial charge in [-0.2, -0.15) is 0 Å². The molecule has 0 atom stereocenters. The molecule has 0 spiro atoms. The molecule has 2 N–H and O–H groups in total. The van der Waals surface area contributed by atoms with Crippen molar-refractivity contribution in [3.63, 3.8) is 0 Å². The Balaban J connectivity index is 3.56. The minimum atomic E-state index is -0.417. The van der Waals surface area contributed by atoms with Crippen LogP contribution in [0.5, 0.6) is 0 Å². The quantitative estimate of drug-likeness (QED) is 0.731. The molecule has 0 amide bonds. The van der Waals surface area contributed by atoms with Crippen molar-refractivity contribution in [1.29, 1.82) is 0 Å². The van der Waals surface area contributed by atoms with Crippen molar-refractivity contribution in [2.24, 2.45) is 0 Å². The van der Waals surface area contributed by atoms with Gasteiger partial charge in [-0.15, -0.1) is 6.58 Å². The summed E-state index contributed by atoms with van der Waals surface area (Å²) in [6, 6.07) is 0. The molecule has 0 saturated carbocycles. The van der Waals surface area contributed by atoms with Crippen LogP contribution in [0.2, 0.25) is 0 Å². The Bertz CT molecular complexity index is 416. The van der Waals surface area contributed by atoms with Crippen LogP contribution in [0.3, 0.4) is 0 Å². The first-order valence-electron chi connectivity index (χ1n) is 4.42. The van der Waals surface area contributed by atoms with Gasteiger partial charge in [0.15, 0.2) is 0 Å². The number of allylic oxidation sites excluding steroid dienone is 1. The van der Waals surface area contributed by atoms with Crippen molar-refractivity contribution in [2.75, 3.05) is 5.73 Å². The Morgan fingerprint density at radius 1 is 1.57 bits per heavy atom. The molecule has 0 fully saturated rings. The van der Waals surface area contributed by atoms with E-state index in [-0.39, 0.29) is 11.1 Å². The van der Waals surface area contributed by atoms with E-state index in [0.717, 1.165) is 0 Å². The molecule has 0 unspecified atom stereocenters. The monoisotopic (exact) mass is 193 g/mol. The Hall–Kier alpha value is -1.51. The highest BCUT2D eigenvalue weighted by Crippen LogP contribution is 2.24. The van der Waals surface area contributed by atoms with Crippen LogP contribution in [-0.2, 0) is 5.41 Å². The standard InChI is InChI=1S/C11H15NO2/c1-5-11(3,4)9-7(2)14-6-8(12)10(9)13/h5-6H,1,12H2,2-4H3. The van der Waals surface area contributed by atoms with Crippen LogP contribution >= 0.6 is 0 Å². The lowest BCUT2D eigenvalue weighted by Crippen LogP contribution is -2.26. The molecule has 3 heteroatoms. The fourth-order valence-electron chi connectivity index (χ4n) is 1.42. The smallest absolute Gasteiger partial charge is 0.212 e. The van der Waals surface area contributed by atoms with Gasteiger partial charge in [0.25, 0.3) is 0 Å². The summed E-state index contributed by atoms with van der Waals surface area (Å²) in [5, 5.41) is 0. The van der Waals surface area contributed by atoms with E-state index >= 15 is 0 Å². The first-order valence-corrected chi connectivity index (χ1v) is 4.42. The van der Waals surface area contributed by atoms with Crippen LogP contribution in [-0.4, -0.2) is 0 Å². The van der Waals surface area contributed by atoms with Gasteiger partial charge >= 0.3 is 0 Å². The SMILES string of the molecule is C=CC(C)(C)c1c(C)occ(N)c1=O. The summed E-state index contributed by atoms with van der Waals surface area (Å²) in [5.74, 6) is 0.592. The lowest BCUT2D eigenvalue weighted by Gasteiger charge is -2.20. The summed E-state index contributed by atoms with van der Waals surface area (Å²) in [7, 11) is 0. The summed E-state index contributed by atoms with van der Waals surface area (Å²) in [4.78, 5) is 11.8. The zero-order valence-electron chi connectivity index (χ0n) is 8.76. The number of nitrogen functional groups attached to an aromatic ring is 1. The van der Waals surface area contributed by atoms with Gasteiger partial charge in [0.05, 0.1) is 0 Å². The maximum absolute atomic E-state index is 11.8. The van der Waals surface area contributed by atoms with Gasteiger partial charge in [-0.3, -0.25) is 4.79 Å². The molecule has 0 aliphatic heterocycles. The lowest BCUT2D eigenvalue weighted by atomic mass is 9.84. The maximum atomic E-state index is 11.8. The molecule has 1 aromatic rings. The topological polar surface area (TPSA) is 56.2 Å². The lowest BCUT2D eigenvalue weighted by molar-refractivity contribution is 0.488. The number of nitrogens with two attached hydrogens (primary N) is 1. The highest BCUT2D eigenvalue weighted by atomic mass is 16.3. The van der Waals surface area contributed by atoms with Crippen LogP contribution in [0.15, 0.2) is 28.1 Å². The van der Waals surface area contributed by atoms with Crippen LogP contribution in [0.4, 0.5) is 5.69 Å². The van der Waals surface area contributed by atoms with E-state index in [1.165, 1.54) is 6.26 Å². The Kier molecular flexibility index (Phi) is 2.51. The molecule has 1 rings (SSSR count). The van der Waals surface area contributed by atoms with Crippen LogP contribution < -0.4 is 11.2 Å². The van der Waals surface area contributed by atoms with Gasteiger partial charge in [-0.25, -0.2) is 0 Å². The molecule has 0 bridgehead atoms. The van der Waals surface area contributed by atoms with Gasteiger partial charge in [0.2, 0.25) is 5.43 Å². The predicted octanol–water partition coefficient (Wildman–Crippen LogP) is 1.99. The summed E-state index contributed by atoms with van der Waals surface area (Å²) in [6.45, 7) is 9.25. The van der Waals surface area contributed by atoms with E-state index in [9.17, 15) is 4.79 Å². The van der Waals surface area contributed by atoms with Crippen molar-refractivity contribution < 1.29 is 4.42 Å². The summed E-state index contributed by atoms with van der Waals surface area (Å²) >= 11 is 0. The third kappa shape index (κ3) is 1.58. The average Bonchev–Trinajstić information content (AvgIpc) is 2.12. The Morgan fingerprint density at radius 3 is 2.64 bits per heavy atom. The van der Waals surface area contributed by atoms with Gasteiger partial charge in [-0.05, 0) is 6.92 Å². The molecule has 1 heterocycles. The molecule has 0 aliphatic rings. The van der Waals surface area contributed by atoms with Crippen molar-refractivity contribution in [2.45, 2.75) is 26.2 Å². The molecule has 3 nitrogen and oxygen atoms in total. The molecule has 76 valence electrons. The van der Waals surface area contributed by atoms with E-state index in [4.69, 9.17) is 10.2 Å². The minimum Gasteiger partial charge on any atom is -0.467 e. The molecule has 0 saturated heterocycles. The van der Waals surface area contributed by atoms with Gasteiger partial charge in [-0.1, -0.05) is 19.9 Å². The molecule has 1 aromatic heterocycles. The predicted molar refractivity (Wildman–Crippen MR) is 57.4 cm³/mol. The number of anilines is 1. The Morgan fingerprint density at radius 2 is 2.14 bits per heavy atom. The van der Waals surface area contributed by atoms with E-state index in [1.54, 1.807) is 13.0 Å². The van der Waals surface area contributed by atoms with Crippen LogP contribution in [0, 0.1) is 6.92 Å². The van der Waals surface area contributed by atoms with E-state index < -0.39 is 5.41 Å². The first-order chi connectivity index (χ1) is 6.40. The van der Waals surface area contributed by atoms with Crippen LogP contribution in [0.1, 0.15) is 25.2 Å². The van der Waals surface area contributed by atoms with Crippen molar-refractivity contribution in [3.05, 3.63) is 40.5 Å². The first kappa shape index (κ1) is 10.6. The van der Waals surface area contributed by atoms with Crippen molar-refractivity contribution >= 4 is 5.69 Å². The molecular weight excluding hydrogens is 178 g/mol. The van der Waals surface area contributed by atoms with Gasteiger partial charge < -0.3 is 10.2 Å². The third-order valence-electron chi connectivity index (χ3n) is 2.36. The fraction of sp³-hybridized carbons (Fsp3) is 0.364. The third-order valence-corrected chi connectivity index (χ3v) is 2.36. The fourth-order valence-corrected chi connectivity index (χ4v) is 1.42. The second kappa shape index (κ2) is 3.33. The summed E-state index contributed by atoms with van der Waals surface area (Å²) in [6.07, 6.45) is 2.99. The molecule has 0 radical (unpaired) electrons. The van der Waals surface area contributed by atoms with Crippen molar-refractivity contribution in [1.82, 2.24) is 0 Å². The summed E-state index contributed by atoms with van der Waals surface area (Å²) in [5.41, 5.74) is 5.63. The number of hydrogen-bond acceptors (Lipinski definition) is 3. The second-order valence-electron chi connectivity index (χ2n) is 3.88. The molecular formula is C11H15NO2. The molecule has 0 aliphatic carbocycles. The van der Waals surface area contributed by atoms with Gasteiger partial charge in [0, 0.05) is 11.0 Å². The Labute approximate surface area is 83.2 Å². The largest absolute Gasteiger partial charge is 0.467 e. The molecule has 0 aromatic carbocycles. The number of aryl methyl sites for hydroxylation is 1. The minimum absolute atomic E-state index is 0.139. The normalized spacial score (nSPS) is 11.4. The van der Waals surface area contributed by atoms with E-state index in [2.05, 4.69) is 6.58 Å². The van der Waals surface area contributed by atoms with E-state index in [1.807, 2.05) is 13.8 Å². The highest BCUT2D eigenvalue weighted by Gasteiger charge is 2.24. The average molecular weight is 193 g/mol. The summed E-state index contributed by atoms with van der Waals surface area (Å²) < 4.78 is 5.19. The zero-order valence-corrected chi connectivity index (χ0v) is 8.76. The second-order valence-corrected chi connectivity index (χ2v) is 3.88. The maximum Gasteiger partial charge on any atom is 0.212 e. The number of hydrogen-bond donors (Lipinski definition) is 1. The van der Waals surface area contributed by atoms with Crippen molar-refractivity contribution in [3.8, 4) is 0 Å². The zero-order chi connectivity index (χ0) is 10.9. The van der Waals surface area contributed by atoms with Gasteiger partial charge in [0.1, 0.15) is 17.7 Å².